The normalized spacial score (nSPS) is 12.1. The Kier molecular flexibility index (Phi) is 5.95. The maximum absolute atomic E-state index is 12.4. The summed E-state index contributed by atoms with van der Waals surface area (Å²) in [6, 6.07) is 27.6. The molecule has 0 aliphatic carbocycles. The van der Waals surface area contributed by atoms with Crippen molar-refractivity contribution in [3.05, 3.63) is 90.5 Å². The van der Waals surface area contributed by atoms with E-state index in [-0.39, 0.29) is 12.5 Å². The SMILES string of the molecule is CC[C@H](C)c1ccc(OCC(=O)Nc2ccc3nn(-c4cccc5ccccc45)nc3c2)cc1. The molecule has 6 nitrogen and oxygen atoms in total. The highest BCUT2D eigenvalue weighted by Gasteiger charge is 2.10. The number of benzene rings is 4. The zero-order valence-electron chi connectivity index (χ0n) is 19.2. The van der Waals surface area contributed by atoms with Gasteiger partial charge < -0.3 is 10.1 Å². The lowest BCUT2D eigenvalue weighted by atomic mass is 9.99. The molecule has 0 unspecified atom stereocenters. The van der Waals surface area contributed by atoms with Crippen LogP contribution in [-0.2, 0) is 4.79 Å². The lowest BCUT2D eigenvalue weighted by Gasteiger charge is -2.11. The van der Waals surface area contributed by atoms with Gasteiger partial charge in [-0.3, -0.25) is 4.79 Å². The van der Waals surface area contributed by atoms with E-state index >= 15 is 0 Å². The molecule has 6 heteroatoms. The van der Waals surface area contributed by atoms with Gasteiger partial charge >= 0.3 is 0 Å². The van der Waals surface area contributed by atoms with Crippen LogP contribution in [0, 0.1) is 0 Å². The van der Waals surface area contributed by atoms with Crippen LogP contribution in [0.15, 0.2) is 84.9 Å². The lowest BCUT2D eigenvalue weighted by molar-refractivity contribution is -0.118. The molecule has 0 saturated heterocycles. The fourth-order valence-corrected chi connectivity index (χ4v) is 3.96. The van der Waals surface area contributed by atoms with Crippen LogP contribution in [0.5, 0.6) is 5.75 Å². The van der Waals surface area contributed by atoms with Gasteiger partial charge in [-0.15, -0.1) is 15.0 Å². The summed E-state index contributed by atoms with van der Waals surface area (Å²) in [6.45, 7) is 4.30. The first-order valence-electron chi connectivity index (χ1n) is 11.5. The van der Waals surface area contributed by atoms with Crippen LogP contribution in [0.4, 0.5) is 5.69 Å². The van der Waals surface area contributed by atoms with Gasteiger partial charge in [-0.25, -0.2) is 0 Å². The number of carbonyl (C=O) groups excluding carboxylic acids is 1. The highest BCUT2D eigenvalue weighted by molar-refractivity contribution is 5.94. The van der Waals surface area contributed by atoms with Crippen molar-refractivity contribution in [2.75, 3.05) is 11.9 Å². The fraction of sp³-hybridized carbons (Fsp3) is 0.179. The zero-order chi connectivity index (χ0) is 23.5. The van der Waals surface area contributed by atoms with Crippen LogP contribution in [0.1, 0.15) is 31.7 Å². The third-order valence-corrected chi connectivity index (χ3v) is 6.08. The quantitative estimate of drug-likeness (QED) is 0.325. The van der Waals surface area contributed by atoms with Crippen molar-refractivity contribution < 1.29 is 9.53 Å². The van der Waals surface area contributed by atoms with Gasteiger partial charge in [0.25, 0.3) is 5.91 Å². The van der Waals surface area contributed by atoms with E-state index in [0.29, 0.717) is 22.9 Å². The Morgan fingerprint density at radius 2 is 1.71 bits per heavy atom. The van der Waals surface area contributed by atoms with Crippen molar-refractivity contribution in [1.29, 1.82) is 0 Å². The first kappa shape index (κ1) is 21.6. The molecular weight excluding hydrogens is 424 g/mol. The molecule has 1 amide bonds. The third-order valence-electron chi connectivity index (χ3n) is 6.08. The van der Waals surface area contributed by atoms with E-state index in [4.69, 9.17) is 4.74 Å². The molecule has 1 aromatic heterocycles. The minimum Gasteiger partial charge on any atom is -0.484 e. The van der Waals surface area contributed by atoms with Crippen LogP contribution in [0.3, 0.4) is 0 Å². The summed E-state index contributed by atoms with van der Waals surface area (Å²) < 4.78 is 5.65. The molecule has 0 saturated carbocycles. The fourth-order valence-electron chi connectivity index (χ4n) is 3.96. The molecule has 4 aromatic carbocycles. The monoisotopic (exact) mass is 450 g/mol. The maximum atomic E-state index is 12.4. The van der Waals surface area contributed by atoms with Gasteiger partial charge in [0, 0.05) is 11.1 Å². The molecule has 0 aliphatic rings. The molecule has 5 rings (SSSR count). The molecule has 1 N–H and O–H groups in total. The lowest BCUT2D eigenvalue weighted by Crippen LogP contribution is -2.20. The van der Waals surface area contributed by atoms with Crippen molar-refractivity contribution in [1.82, 2.24) is 15.0 Å². The number of nitrogens with zero attached hydrogens (tertiary/aromatic N) is 3. The highest BCUT2D eigenvalue weighted by atomic mass is 16.5. The first-order chi connectivity index (χ1) is 16.6. The Labute approximate surface area is 198 Å². The molecule has 170 valence electrons. The topological polar surface area (TPSA) is 69.0 Å². The number of aromatic nitrogens is 3. The molecule has 0 aliphatic heterocycles. The molecule has 1 atom stereocenters. The smallest absolute Gasteiger partial charge is 0.262 e. The molecule has 5 aromatic rings. The van der Waals surface area contributed by atoms with E-state index in [9.17, 15) is 4.79 Å². The van der Waals surface area contributed by atoms with Crippen molar-refractivity contribution in [3.63, 3.8) is 0 Å². The van der Waals surface area contributed by atoms with Gasteiger partial charge in [-0.2, -0.15) is 0 Å². The number of carbonyl (C=O) groups is 1. The average molecular weight is 451 g/mol. The van der Waals surface area contributed by atoms with Gasteiger partial charge in [-0.1, -0.05) is 62.4 Å². The van der Waals surface area contributed by atoms with Gasteiger partial charge in [0.05, 0.1) is 5.69 Å². The third kappa shape index (κ3) is 4.48. The molecular formula is C28H26N4O2. The van der Waals surface area contributed by atoms with Gasteiger partial charge in [0.1, 0.15) is 16.8 Å². The zero-order valence-corrected chi connectivity index (χ0v) is 19.2. The summed E-state index contributed by atoms with van der Waals surface area (Å²) in [6.07, 6.45) is 1.09. The van der Waals surface area contributed by atoms with Crippen LogP contribution >= 0.6 is 0 Å². The van der Waals surface area contributed by atoms with E-state index in [1.54, 1.807) is 4.80 Å². The molecule has 0 bridgehead atoms. The van der Waals surface area contributed by atoms with E-state index in [0.717, 1.165) is 28.4 Å². The Balaban J connectivity index is 1.28. The van der Waals surface area contributed by atoms with E-state index in [1.807, 2.05) is 54.6 Å². The van der Waals surface area contributed by atoms with Crippen molar-refractivity contribution >= 4 is 33.4 Å². The van der Waals surface area contributed by atoms with Crippen LogP contribution in [0.2, 0.25) is 0 Å². The van der Waals surface area contributed by atoms with Crippen molar-refractivity contribution in [2.24, 2.45) is 0 Å². The second-order valence-corrected chi connectivity index (χ2v) is 8.41. The van der Waals surface area contributed by atoms with Crippen molar-refractivity contribution in [2.45, 2.75) is 26.2 Å². The summed E-state index contributed by atoms with van der Waals surface area (Å²) >= 11 is 0. The number of nitrogens with one attached hydrogen (secondary N) is 1. The predicted octanol–water partition coefficient (Wildman–Crippen LogP) is 6.10. The second kappa shape index (κ2) is 9.35. The number of hydrogen-bond acceptors (Lipinski definition) is 4. The van der Waals surface area contributed by atoms with E-state index in [2.05, 4.69) is 59.7 Å². The summed E-state index contributed by atoms with van der Waals surface area (Å²) in [5.41, 5.74) is 4.28. The number of fused-ring (bicyclic) bond motifs is 2. The minimum absolute atomic E-state index is 0.0661. The maximum Gasteiger partial charge on any atom is 0.262 e. The van der Waals surface area contributed by atoms with Gasteiger partial charge in [-0.05, 0) is 59.7 Å². The highest BCUT2D eigenvalue weighted by Crippen LogP contribution is 2.24. The average Bonchev–Trinajstić information content (AvgIpc) is 3.30. The van der Waals surface area contributed by atoms with Crippen LogP contribution < -0.4 is 10.1 Å². The Morgan fingerprint density at radius 3 is 2.53 bits per heavy atom. The second-order valence-electron chi connectivity index (χ2n) is 8.41. The van der Waals surface area contributed by atoms with E-state index < -0.39 is 0 Å². The first-order valence-corrected chi connectivity index (χ1v) is 11.5. The number of ether oxygens (including phenoxy) is 1. The van der Waals surface area contributed by atoms with Crippen LogP contribution in [0.25, 0.3) is 27.5 Å². The van der Waals surface area contributed by atoms with Gasteiger partial charge in [0.2, 0.25) is 0 Å². The molecule has 0 spiro atoms. The summed E-state index contributed by atoms with van der Waals surface area (Å²) in [5.74, 6) is 0.952. The Morgan fingerprint density at radius 1 is 0.941 bits per heavy atom. The Hall–Kier alpha value is -4.19. The Bertz CT molecular complexity index is 1450. The van der Waals surface area contributed by atoms with E-state index in [1.165, 1.54) is 5.56 Å². The molecule has 34 heavy (non-hydrogen) atoms. The summed E-state index contributed by atoms with van der Waals surface area (Å²) in [4.78, 5) is 14.1. The number of hydrogen-bond donors (Lipinski definition) is 1. The number of amides is 1. The largest absolute Gasteiger partial charge is 0.484 e. The standard InChI is InChI=1S/C28H26N4O2/c1-3-19(2)20-11-14-23(15-12-20)34-18-28(33)29-22-13-16-25-26(17-22)31-32(30-25)27-10-6-8-21-7-4-5-9-24(21)27/h4-17,19H,3,18H2,1-2H3,(H,29,33)/t19-/m0/s1. The summed E-state index contributed by atoms with van der Waals surface area (Å²) in [7, 11) is 0. The minimum atomic E-state index is -0.230. The number of anilines is 1. The van der Waals surface area contributed by atoms with Gasteiger partial charge in [0.15, 0.2) is 6.61 Å². The molecule has 0 radical (unpaired) electrons. The summed E-state index contributed by atoms with van der Waals surface area (Å²) in [5, 5.41) is 14.4. The molecule has 1 heterocycles. The predicted molar refractivity (Wildman–Crippen MR) is 136 cm³/mol. The number of rotatable bonds is 7. The van der Waals surface area contributed by atoms with Crippen molar-refractivity contribution in [3.8, 4) is 11.4 Å². The van der Waals surface area contributed by atoms with Crippen LogP contribution in [-0.4, -0.2) is 27.5 Å². The molecule has 0 fully saturated rings.